The zero-order valence-electron chi connectivity index (χ0n) is 12.4. The fraction of sp³-hybridized carbons (Fsp3) is 0.278. The van der Waals surface area contributed by atoms with Gasteiger partial charge in [0.1, 0.15) is 0 Å². The fourth-order valence-electron chi connectivity index (χ4n) is 2.10. The second-order valence-corrected chi connectivity index (χ2v) is 5.41. The maximum atomic E-state index is 10.1. The van der Waals surface area contributed by atoms with Crippen molar-refractivity contribution in [1.29, 1.82) is 5.26 Å². The third-order valence-corrected chi connectivity index (χ3v) is 3.50. The van der Waals surface area contributed by atoms with Crippen molar-refractivity contribution in [2.45, 2.75) is 25.9 Å². The summed E-state index contributed by atoms with van der Waals surface area (Å²) in [4.78, 5) is 0. The predicted octanol–water partition coefficient (Wildman–Crippen LogP) is 3.83. The minimum absolute atomic E-state index is 0.437. The van der Waals surface area contributed by atoms with E-state index in [0.29, 0.717) is 18.0 Å². The zero-order valence-corrected chi connectivity index (χ0v) is 12.4. The van der Waals surface area contributed by atoms with Gasteiger partial charge in [0.2, 0.25) is 0 Å². The molecule has 1 atom stereocenters. The Kier molecular flexibility index (Phi) is 4.97. The van der Waals surface area contributed by atoms with Crippen LogP contribution in [0.15, 0.2) is 48.5 Å². The Morgan fingerprint density at radius 2 is 1.57 bits per heavy atom. The molecule has 3 nitrogen and oxygen atoms in total. The maximum absolute atomic E-state index is 10.1. The molecule has 0 heterocycles. The highest BCUT2D eigenvalue weighted by molar-refractivity contribution is 5.45. The molecule has 3 heteroatoms. The van der Waals surface area contributed by atoms with E-state index in [1.165, 1.54) is 5.56 Å². The number of aliphatic hydroxyl groups is 1. The Morgan fingerprint density at radius 1 is 1.00 bits per heavy atom. The highest BCUT2D eigenvalue weighted by Crippen LogP contribution is 2.19. The largest absolute Gasteiger partial charge is 0.387 e. The molecule has 0 aliphatic heterocycles. The Balaban J connectivity index is 1.93. The normalized spacial score (nSPS) is 12.0. The quantitative estimate of drug-likeness (QED) is 0.875. The summed E-state index contributed by atoms with van der Waals surface area (Å²) in [5.41, 5.74) is 3.70. The van der Waals surface area contributed by atoms with E-state index in [-0.39, 0.29) is 0 Å². The van der Waals surface area contributed by atoms with Gasteiger partial charge in [-0.05, 0) is 41.3 Å². The lowest BCUT2D eigenvalue weighted by Gasteiger charge is -2.14. The molecule has 0 saturated carbocycles. The van der Waals surface area contributed by atoms with Crippen molar-refractivity contribution in [2.24, 2.45) is 0 Å². The highest BCUT2D eigenvalue weighted by atomic mass is 16.3. The van der Waals surface area contributed by atoms with Crippen molar-refractivity contribution in [3.63, 3.8) is 0 Å². The summed E-state index contributed by atoms with van der Waals surface area (Å²) < 4.78 is 0. The van der Waals surface area contributed by atoms with Gasteiger partial charge in [-0.15, -0.1) is 0 Å². The van der Waals surface area contributed by atoms with E-state index in [9.17, 15) is 5.11 Å². The van der Waals surface area contributed by atoms with Gasteiger partial charge >= 0.3 is 0 Å². The van der Waals surface area contributed by atoms with Crippen LogP contribution in [0.2, 0.25) is 0 Å². The van der Waals surface area contributed by atoms with Crippen LogP contribution < -0.4 is 5.32 Å². The van der Waals surface area contributed by atoms with Crippen LogP contribution in [0.3, 0.4) is 0 Å². The van der Waals surface area contributed by atoms with Crippen molar-refractivity contribution in [3.8, 4) is 6.07 Å². The lowest BCUT2D eigenvalue weighted by molar-refractivity contribution is 0.191. The minimum Gasteiger partial charge on any atom is -0.387 e. The first-order valence-electron chi connectivity index (χ1n) is 7.12. The zero-order chi connectivity index (χ0) is 15.2. The Morgan fingerprint density at radius 3 is 2.10 bits per heavy atom. The second kappa shape index (κ2) is 6.92. The molecule has 0 radical (unpaired) electrons. The summed E-state index contributed by atoms with van der Waals surface area (Å²) in [7, 11) is 0. The monoisotopic (exact) mass is 280 g/mol. The molecule has 0 aliphatic rings. The Bertz CT molecular complexity index is 609. The van der Waals surface area contributed by atoms with Crippen LogP contribution in [-0.4, -0.2) is 11.7 Å². The molecule has 2 rings (SSSR count). The number of nitrogens with zero attached hydrogens (tertiary/aromatic N) is 1. The molecule has 0 amide bonds. The number of anilines is 1. The van der Waals surface area contributed by atoms with Crippen molar-refractivity contribution >= 4 is 5.69 Å². The summed E-state index contributed by atoms with van der Waals surface area (Å²) in [6.07, 6.45) is -0.595. The van der Waals surface area contributed by atoms with Crippen molar-refractivity contribution < 1.29 is 5.11 Å². The Labute approximate surface area is 125 Å². The van der Waals surface area contributed by atoms with E-state index in [1.54, 1.807) is 24.3 Å². The molecule has 2 aromatic rings. The van der Waals surface area contributed by atoms with Crippen LogP contribution >= 0.6 is 0 Å². The minimum atomic E-state index is -0.595. The first kappa shape index (κ1) is 15.1. The van der Waals surface area contributed by atoms with Gasteiger partial charge in [-0.25, -0.2) is 0 Å². The van der Waals surface area contributed by atoms with E-state index in [1.807, 2.05) is 12.1 Å². The molecule has 1 unspecified atom stereocenters. The maximum Gasteiger partial charge on any atom is 0.0991 e. The molecule has 2 N–H and O–H groups in total. The van der Waals surface area contributed by atoms with E-state index in [2.05, 4.69) is 37.4 Å². The SMILES string of the molecule is CC(C)c1ccc(NCC(O)c2ccc(C#N)cc2)cc1. The third-order valence-electron chi connectivity index (χ3n) is 3.50. The summed E-state index contributed by atoms with van der Waals surface area (Å²) in [6.45, 7) is 4.76. The number of rotatable bonds is 5. The predicted molar refractivity (Wildman–Crippen MR) is 85.1 cm³/mol. The van der Waals surface area contributed by atoms with Gasteiger partial charge in [0.15, 0.2) is 0 Å². The van der Waals surface area contributed by atoms with Gasteiger partial charge in [-0.2, -0.15) is 5.26 Å². The average Bonchev–Trinajstić information content (AvgIpc) is 2.53. The molecule has 108 valence electrons. The lowest BCUT2D eigenvalue weighted by Crippen LogP contribution is -2.12. The van der Waals surface area contributed by atoms with Gasteiger partial charge in [0.05, 0.1) is 17.7 Å². The number of aliphatic hydroxyl groups excluding tert-OH is 1. The molecule has 0 bridgehead atoms. The molecular weight excluding hydrogens is 260 g/mol. The number of nitriles is 1. The summed E-state index contributed by atoms with van der Waals surface area (Å²) >= 11 is 0. The molecule has 2 aromatic carbocycles. The summed E-state index contributed by atoms with van der Waals surface area (Å²) in [5.74, 6) is 0.517. The van der Waals surface area contributed by atoms with Crippen LogP contribution in [0, 0.1) is 11.3 Å². The second-order valence-electron chi connectivity index (χ2n) is 5.41. The molecule has 21 heavy (non-hydrogen) atoms. The van der Waals surface area contributed by atoms with Crippen LogP contribution in [0.4, 0.5) is 5.69 Å². The van der Waals surface area contributed by atoms with Gasteiger partial charge < -0.3 is 10.4 Å². The number of hydrogen-bond donors (Lipinski definition) is 2. The van der Waals surface area contributed by atoms with E-state index in [0.717, 1.165) is 11.3 Å². The summed E-state index contributed by atoms with van der Waals surface area (Å²) in [5, 5.41) is 22.1. The topological polar surface area (TPSA) is 56.0 Å². The van der Waals surface area contributed by atoms with Gasteiger partial charge in [-0.3, -0.25) is 0 Å². The van der Waals surface area contributed by atoms with E-state index < -0.39 is 6.10 Å². The molecular formula is C18H20N2O. The first-order chi connectivity index (χ1) is 10.1. The Hall–Kier alpha value is -2.31. The molecule has 0 spiro atoms. The first-order valence-corrected chi connectivity index (χ1v) is 7.12. The molecule has 0 aromatic heterocycles. The number of benzene rings is 2. The summed E-state index contributed by atoms with van der Waals surface area (Å²) in [6, 6.07) is 17.3. The van der Waals surface area contributed by atoms with E-state index in [4.69, 9.17) is 5.26 Å². The van der Waals surface area contributed by atoms with Crippen molar-refractivity contribution in [2.75, 3.05) is 11.9 Å². The van der Waals surface area contributed by atoms with E-state index >= 15 is 0 Å². The number of nitrogens with one attached hydrogen (secondary N) is 1. The number of hydrogen-bond acceptors (Lipinski definition) is 3. The van der Waals surface area contributed by atoms with Crippen LogP contribution in [0.1, 0.15) is 42.6 Å². The molecule has 0 aliphatic carbocycles. The molecule has 0 fully saturated rings. The van der Waals surface area contributed by atoms with Gasteiger partial charge in [-0.1, -0.05) is 38.1 Å². The van der Waals surface area contributed by atoms with Crippen molar-refractivity contribution in [3.05, 3.63) is 65.2 Å². The highest BCUT2D eigenvalue weighted by Gasteiger charge is 2.07. The van der Waals surface area contributed by atoms with Crippen molar-refractivity contribution in [1.82, 2.24) is 0 Å². The van der Waals surface area contributed by atoms with Crippen LogP contribution in [0.25, 0.3) is 0 Å². The third kappa shape index (κ3) is 4.08. The van der Waals surface area contributed by atoms with Crippen LogP contribution in [0.5, 0.6) is 0 Å². The standard InChI is InChI=1S/C18H20N2O/c1-13(2)15-7-9-17(10-8-15)20-12-18(21)16-5-3-14(11-19)4-6-16/h3-10,13,18,20-21H,12H2,1-2H3. The lowest BCUT2D eigenvalue weighted by atomic mass is 10.0. The molecule has 0 saturated heterocycles. The fourth-order valence-corrected chi connectivity index (χ4v) is 2.10. The van der Waals surface area contributed by atoms with Gasteiger partial charge in [0.25, 0.3) is 0 Å². The smallest absolute Gasteiger partial charge is 0.0991 e. The van der Waals surface area contributed by atoms with Gasteiger partial charge in [0, 0.05) is 12.2 Å². The van der Waals surface area contributed by atoms with Crippen LogP contribution in [-0.2, 0) is 0 Å². The average molecular weight is 280 g/mol.